The molecule has 0 spiro atoms. The number of fused-ring (bicyclic) bond motifs is 1. The number of nitrogens with zero attached hydrogens (tertiary/aromatic N) is 5. The first kappa shape index (κ1) is 52.7. The lowest BCUT2D eigenvalue weighted by Crippen LogP contribution is -2.51. The second-order valence-electron chi connectivity index (χ2n) is 16.8. The second-order valence-corrected chi connectivity index (χ2v) is 18.7. The van der Waals surface area contributed by atoms with Crippen LogP contribution >= 0.6 is 0 Å². The first-order valence-corrected chi connectivity index (χ1v) is 24.5. The van der Waals surface area contributed by atoms with Gasteiger partial charge in [0.2, 0.25) is 33.3 Å². The van der Waals surface area contributed by atoms with Crippen molar-refractivity contribution in [3.05, 3.63) is 112 Å². The van der Waals surface area contributed by atoms with Crippen LogP contribution in [0.4, 0.5) is 28.9 Å². The summed E-state index contributed by atoms with van der Waals surface area (Å²) in [4.78, 5) is 37.6. The number of aliphatic hydroxyl groups excluding tert-OH is 1. The van der Waals surface area contributed by atoms with Crippen molar-refractivity contribution in [3.63, 3.8) is 0 Å². The van der Waals surface area contributed by atoms with Crippen LogP contribution in [0.3, 0.4) is 0 Å². The SMILES string of the molecule is CCCN(CCC)C(=O)C1=Cc2c(CCCCN/C(=N/c3cccc(C#N)c3)NCCOCCC(=O)Oc3c(F)c(F)cc(F)c3F)cc(-c3cccc(S(=O)(=O)N4CC(CO)C4)c3)cc2N=C(N)C1. The largest absolute Gasteiger partial charge is 0.420 e. The molecule has 15 nitrogen and oxygen atoms in total. The molecule has 0 atom stereocenters. The standard InChI is InChI=1S/C50H56F4N8O7S/c1-3-17-61(18-4-2)49(65)37-24-40-35(22-36(25-43(40)60-44(56)26-37)34-11-8-13-39(23-34)70(66,67)62-29-33(30-62)31-63)10-5-6-15-57-50(59-38-12-7-9-32(21-38)28-55)58-16-20-68-19-14-45(64)69-48-46(53)41(51)27-42(52)47(48)54/h7-9,11-13,21-25,27,33,63H,3-6,10,14-20,26,29-31H2,1-2H3,(H2,56,60)(H2,57,58,59). The highest BCUT2D eigenvalue weighted by Gasteiger charge is 2.36. The van der Waals surface area contributed by atoms with E-state index in [1.54, 1.807) is 42.5 Å². The molecule has 0 saturated carbocycles. The first-order chi connectivity index (χ1) is 33.6. The fraction of sp³-hybridized carbons (Fsp3) is 0.380. The highest BCUT2D eigenvalue weighted by Crippen LogP contribution is 2.37. The van der Waals surface area contributed by atoms with Crippen LogP contribution in [0.1, 0.15) is 69.1 Å². The molecule has 0 aliphatic carbocycles. The Bertz CT molecular complexity index is 2760. The number of unbranched alkanes of at least 4 members (excludes halogenated alkanes) is 1. The van der Waals surface area contributed by atoms with E-state index in [2.05, 4.69) is 26.4 Å². The lowest BCUT2D eigenvalue weighted by molar-refractivity contribution is -0.136. The van der Waals surface area contributed by atoms with E-state index in [1.807, 2.05) is 43.0 Å². The Morgan fingerprint density at radius 3 is 2.36 bits per heavy atom. The summed E-state index contributed by atoms with van der Waals surface area (Å²) in [6.07, 6.45) is 4.91. The van der Waals surface area contributed by atoms with E-state index in [1.165, 1.54) is 4.31 Å². The van der Waals surface area contributed by atoms with Gasteiger partial charge in [-0.1, -0.05) is 38.1 Å². The fourth-order valence-corrected chi connectivity index (χ4v) is 9.47. The third-order valence-corrected chi connectivity index (χ3v) is 13.2. The van der Waals surface area contributed by atoms with Crippen molar-refractivity contribution in [3.8, 4) is 22.9 Å². The van der Waals surface area contributed by atoms with Crippen LogP contribution in [-0.4, -0.2) is 105 Å². The van der Waals surface area contributed by atoms with E-state index in [0.717, 1.165) is 24.0 Å². The average molecular weight is 989 g/mol. The summed E-state index contributed by atoms with van der Waals surface area (Å²) >= 11 is 0. The third-order valence-electron chi connectivity index (χ3n) is 11.4. The average Bonchev–Trinajstić information content (AvgIpc) is 3.50. The molecule has 0 bridgehead atoms. The topological polar surface area (TPSA) is 212 Å². The van der Waals surface area contributed by atoms with Crippen LogP contribution in [-0.2, 0) is 30.8 Å². The van der Waals surface area contributed by atoms with Crippen molar-refractivity contribution < 1.29 is 50.1 Å². The Hall–Kier alpha value is -6.66. The number of rotatable bonds is 22. The van der Waals surface area contributed by atoms with Gasteiger partial charge in [-0.3, -0.25) is 9.59 Å². The van der Waals surface area contributed by atoms with Gasteiger partial charge in [0, 0.05) is 75.4 Å². The number of halogens is 4. The van der Waals surface area contributed by atoms with Crippen LogP contribution in [0.5, 0.6) is 5.75 Å². The number of carbonyl (C=O) groups is 2. The minimum Gasteiger partial charge on any atom is -0.420 e. The van der Waals surface area contributed by atoms with Gasteiger partial charge in [0.15, 0.2) is 17.6 Å². The van der Waals surface area contributed by atoms with Crippen LogP contribution in [0.2, 0.25) is 0 Å². The summed E-state index contributed by atoms with van der Waals surface area (Å²) in [6.45, 7) is 5.99. The van der Waals surface area contributed by atoms with Crippen LogP contribution < -0.4 is 21.1 Å². The summed E-state index contributed by atoms with van der Waals surface area (Å²) < 4.78 is 93.4. The van der Waals surface area contributed by atoms with Gasteiger partial charge in [0.05, 0.1) is 47.5 Å². The zero-order valence-electron chi connectivity index (χ0n) is 38.9. The number of benzene rings is 4. The molecule has 70 heavy (non-hydrogen) atoms. The Morgan fingerprint density at radius 2 is 1.66 bits per heavy atom. The summed E-state index contributed by atoms with van der Waals surface area (Å²) in [5, 5.41) is 25.4. The van der Waals surface area contributed by atoms with Crippen molar-refractivity contribution in [2.45, 2.75) is 63.7 Å². The zero-order chi connectivity index (χ0) is 50.4. The van der Waals surface area contributed by atoms with E-state index in [0.29, 0.717) is 78.5 Å². The number of aliphatic imine (C=N–C) groups is 2. The smallest absolute Gasteiger partial charge is 0.313 e. The number of carbonyl (C=O) groups excluding carboxylic acids is 2. The Labute approximate surface area is 404 Å². The quantitative estimate of drug-likeness (QED) is 0.0120. The van der Waals surface area contributed by atoms with Gasteiger partial charge in [-0.2, -0.15) is 18.3 Å². The molecule has 5 N–H and O–H groups in total. The summed E-state index contributed by atoms with van der Waals surface area (Å²) in [5.74, 6) is -9.35. The van der Waals surface area contributed by atoms with E-state index < -0.39 is 51.4 Å². The van der Waals surface area contributed by atoms with Gasteiger partial charge in [0.25, 0.3) is 0 Å². The van der Waals surface area contributed by atoms with Gasteiger partial charge in [-0.05, 0) is 91.3 Å². The first-order valence-electron chi connectivity index (χ1n) is 23.0. The number of aryl methyl sites for hydroxylation is 1. The minimum atomic E-state index is -3.81. The number of hydrogen-bond donors (Lipinski definition) is 4. The fourth-order valence-electron chi connectivity index (χ4n) is 7.83. The molecule has 0 radical (unpaired) electrons. The van der Waals surface area contributed by atoms with E-state index in [4.69, 9.17) is 15.5 Å². The highest BCUT2D eigenvalue weighted by molar-refractivity contribution is 7.89. The molecular formula is C50H56F4N8O7S. The molecule has 2 heterocycles. The maximum atomic E-state index is 14.0. The Morgan fingerprint density at radius 1 is 0.943 bits per heavy atom. The number of guanidine groups is 1. The van der Waals surface area contributed by atoms with Crippen molar-refractivity contribution in [1.82, 2.24) is 19.8 Å². The Balaban J connectivity index is 1.16. The van der Waals surface area contributed by atoms with Crippen molar-refractivity contribution in [2.24, 2.45) is 21.6 Å². The number of amidine groups is 1. The molecule has 2 aliphatic rings. The van der Waals surface area contributed by atoms with Gasteiger partial charge in [-0.15, -0.1) is 0 Å². The molecular weight excluding hydrogens is 933 g/mol. The van der Waals surface area contributed by atoms with Crippen LogP contribution in [0.15, 0.2) is 87.2 Å². The second kappa shape index (κ2) is 24.8. The molecule has 372 valence electrons. The zero-order valence-corrected chi connectivity index (χ0v) is 39.8. The van der Waals surface area contributed by atoms with Crippen molar-refractivity contribution >= 4 is 51.1 Å². The number of sulfonamides is 1. The summed E-state index contributed by atoms with van der Waals surface area (Å²) in [6, 6.07) is 19.3. The highest BCUT2D eigenvalue weighted by atomic mass is 32.2. The van der Waals surface area contributed by atoms with Crippen LogP contribution in [0.25, 0.3) is 17.2 Å². The number of nitrogens with one attached hydrogen (secondary N) is 2. The molecule has 6 rings (SSSR count). The van der Waals surface area contributed by atoms with Crippen molar-refractivity contribution in [1.29, 1.82) is 5.26 Å². The third kappa shape index (κ3) is 13.6. The molecule has 1 fully saturated rings. The molecule has 20 heteroatoms. The molecule has 0 aromatic heterocycles. The predicted molar refractivity (Wildman–Crippen MR) is 257 cm³/mol. The lowest BCUT2D eigenvalue weighted by Gasteiger charge is -2.36. The van der Waals surface area contributed by atoms with Gasteiger partial charge < -0.3 is 35.8 Å². The molecule has 0 unspecified atom stereocenters. The maximum absolute atomic E-state index is 14.0. The number of esters is 1. The van der Waals surface area contributed by atoms with E-state index in [-0.39, 0.29) is 74.5 Å². The minimum absolute atomic E-state index is 0.00400. The number of nitrogens with two attached hydrogens (primary N) is 1. The van der Waals surface area contributed by atoms with Crippen molar-refractivity contribution in [2.75, 3.05) is 59.1 Å². The van der Waals surface area contributed by atoms with Gasteiger partial charge >= 0.3 is 5.97 Å². The van der Waals surface area contributed by atoms with E-state index in [9.17, 15) is 45.9 Å². The number of hydrogen-bond acceptors (Lipinski definition) is 11. The molecule has 1 amide bonds. The summed E-state index contributed by atoms with van der Waals surface area (Å²) in [5.41, 5.74) is 11.4. The monoisotopic (exact) mass is 988 g/mol. The van der Waals surface area contributed by atoms with Crippen LogP contribution in [0, 0.1) is 40.5 Å². The Kier molecular flexibility index (Phi) is 18.6. The van der Waals surface area contributed by atoms with Gasteiger partial charge in [0.1, 0.15) is 5.84 Å². The number of ether oxygens (including phenoxy) is 2. The molecule has 4 aromatic carbocycles. The summed E-state index contributed by atoms with van der Waals surface area (Å²) in [7, 11) is -3.81. The number of aliphatic hydroxyl groups is 1. The number of amides is 1. The lowest BCUT2D eigenvalue weighted by atomic mass is 9.93. The molecule has 1 saturated heterocycles. The molecule has 4 aromatic rings. The van der Waals surface area contributed by atoms with E-state index >= 15 is 0 Å². The predicted octanol–water partition coefficient (Wildman–Crippen LogP) is 7.02. The maximum Gasteiger partial charge on any atom is 0.313 e. The number of nitriles is 1. The normalized spacial score (nSPS) is 14.1. The van der Waals surface area contributed by atoms with Gasteiger partial charge in [-0.25, -0.2) is 27.2 Å². The molecule has 2 aliphatic heterocycles.